The van der Waals surface area contributed by atoms with Gasteiger partial charge in [-0.15, -0.1) is 0 Å². The van der Waals surface area contributed by atoms with E-state index < -0.39 is 10.0 Å². The van der Waals surface area contributed by atoms with E-state index >= 15 is 0 Å². The summed E-state index contributed by atoms with van der Waals surface area (Å²) in [5, 5.41) is 0. The van der Waals surface area contributed by atoms with Gasteiger partial charge in [0.15, 0.2) is 0 Å². The highest BCUT2D eigenvalue weighted by Gasteiger charge is 2.13. The summed E-state index contributed by atoms with van der Waals surface area (Å²) in [6.07, 6.45) is 0. The molecule has 0 amide bonds. The second-order valence-electron chi connectivity index (χ2n) is 3.45. The molecule has 0 aliphatic carbocycles. The van der Waals surface area contributed by atoms with Crippen LogP contribution in [0.5, 0.6) is 5.75 Å². The second-order valence-corrected chi connectivity index (χ2v) is 5.34. The van der Waals surface area contributed by atoms with Crippen molar-refractivity contribution in [2.75, 3.05) is 32.6 Å². The molecule has 7 heteroatoms. The average molecular weight is 274 g/mol. The van der Waals surface area contributed by atoms with Crippen molar-refractivity contribution in [3.05, 3.63) is 18.2 Å². The third kappa shape index (κ3) is 3.86. The Balaban J connectivity index is 2.74. The molecular weight excluding hydrogens is 256 g/mol. The largest absolute Gasteiger partial charge is 0.489 e. The van der Waals surface area contributed by atoms with E-state index in [2.05, 4.69) is 4.72 Å². The van der Waals surface area contributed by atoms with Gasteiger partial charge in [-0.1, -0.05) is 0 Å². The fraction of sp³-hybridized carbons (Fsp3) is 0.455. The highest BCUT2D eigenvalue weighted by atomic mass is 32.2. The van der Waals surface area contributed by atoms with Crippen LogP contribution in [0.4, 0.5) is 5.69 Å². The predicted octanol–water partition coefficient (Wildman–Crippen LogP) is 0.592. The average Bonchev–Trinajstić information content (AvgIpc) is 2.36. The summed E-state index contributed by atoms with van der Waals surface area (Å²) in [7, 11) is -2.13. The number of hydrogen-bond donors (Lipinski definition) is 2. The molecule has 0 atom stereocenters. The SMILES string of the molecule is CCOCCOc1ccc(S(=O)(=O)NC)cc1N. The molecule has 0 saturated carbocycles. The minimum absolute atomic E-state index is 0.111. The standard InChI is InChI=1S/C11H18N2O4S/c1-3-16-6-7-17-11-5-4-9(8-10(11)12)18(14,15)13-2/h4-5,8,13H,3,6-7,12H2,1-2H3. The van der Waals surface area contributed by atoms with Crippen LogP contribution in [0.2, 0.25) is 0 Å². The van der Waals surface area contributed by atoms with Crippen molar-refractivity contribution in [3.63, 3.8) is 0 Å². The predicted molar refractivity (Wildman–Crippen MR) is 69.1 cm³/mol. The van der Waals surface area contributed by atoms with Crippen LogP contribution in [0.1, 0.15) is 6.92 Å². The van der Waals surface area contributed by atoms with Gasteiger partial charge in [-0.3, -0.25) is 0 Å². The molecule has 0 unspecified atom stereocenters. The molecule has 0 radical (unpaired) electrons. The van der Waals surface area contributed by atoms with Gasteiger partial charge in [-0.25, -0.2) is 13.1 Å². The Morgan fingerprint density at radius 2 is 2.06 bits per heavy atom. The number of ether oxygens (including phenoxy) is 2. The van der Waals surface area contributed by atoms with Gasteiger partial charge in [0, 0.05) is 6.61 Å². The molecule has 0 spiro atoms. The van der Waals surface area contributed by atoms with Crippen molar-refractivity contribution in [2.45, 2.75) is 11.8 Å². The van der Waals surface area contributed by atoms with Gasteiger partial charge in [0.2, 0.25) is 10.0 Å². The molecule has 1 aromatic rings. The van der Waals surface area contributed by atoms with Crippen LogP contribution in [0.3, 0.4) is 0 Å². The highest BCUT2D eigenvalue weighted by Crippen LogP contribution is 2.24. The smallest absolute Gasteiger partial charge is 0.240 e. The van der Waals surface area contributed by atoms with Crippen LogP contribution >= 0.6 is 0 Å². The summed E-state index contributed by atoms with van der Waals surface area (Å²) in [5.74, 6) is 0.449. The van der Waals surface area contributed by atoms with Crippen LogP contribution in [-0.2, 0) is 14.8 Å². The number of hydrogen-bond acceptors (Lipinski definition) is 5. The van der Waals surface area contributed by atoms with E-state index in [1.54, 1.807) is 0 Å². The van der Waals surface area contributed by atoms with Crippen LogP contribution in [0.25, 0.3) is 0 Å². The normalized spacial score (nSPS) is 11.4. The Morgan fingerprint density at radius 1 is 1.33 bits per heavy atom. The lowest BCUT2D eigenvalue weighted by Gasteiger charge is -2.10. The maximum atomic E-state index is 11.5. The van der Waals surface area contributed by atoms with Gasteiger partial charge in [0.1, 0.15) is 12.4 Å². The van der Waals surface area contributed by atoms with Crippen LogP contribution in [0, 0.1) is 0 Å². The van der Waals surface area contributed by atoms with E-state index in [0.29, 0.717) is 25.6 Å². The molecule has 1 rings (SSSR count). The van der Waals surface area contributed by atoms with Crippen LogP contribution in [-0.4, -0.2) is 35.3 Å². The minimum Gasteiger partial charge on any atom is -0.489 e. The molecule has 1 aromatic carbocycles. The number of nitrogens with one attached hydrogen (secondary N) is 1. The maximum Gasteiger partial charge on any atom is 0.240 e. The number of nitrogen functional groups attached to an aromatic ring is 1. The lowest BCUT2D eigenvalue weighted by atomic mass is 10.3. The molecule has 0 aromatic heterocycles. The van der Waals surface area contributed by atoms with Crippen molar-refractivity contribution < 1.29 is 17.9 Å². The first-order chi connectivity index (χ1) is 8.51. The number of nitrogens with two attached hydrogens (primary N) is 1. The van der Waals surface area contributed by atoms with Gasteiger partial charge >= 0.3 is 0 Å². The van der Waals surface area contributed by atoms with E-state index in [1.165, 1.54) is 25.2 Å². The van der Waals surface area contributed by atoms with Gasteiger partial charge in [-0.05, 0) is 32.2 Å². The quantitative estimate of drug-likeness (QED) is 0.561. The Bertz CT molecular complexity index is 488. The third-order valence-electron chi connectivity index (χ3n) is 2.25. The van der Waals surface area contributed by atoms with Gasteiger partial charge in [-0.2, -0.15) is 0 Å². The van der Waals surface area contributed by atoms with Gasteiger partial charge in [0.25, 0.3) is 0 Å². The zero-order valence-corrected chi connectivity index (χ0v) is 11.3. The van der Waals surface area contributed by atoms with Crippen LogP contribution < -0.4 is 15.2 Å². The molecule has 3 N–H and O–H groups in total. The maximum absolute atomic E-state index is 11.5. The summed E-state index contributed by atoms with van der Waals surface area (Å²) in [4.78, 5) is 0.111. The van der Waals surface area contributed by atoms with E-state index in [-0.39, 0.29) is 10.6 Å². The van der Waals surface area contributed by atoms with Gasteiger partial charge < -0.3 is 15.2 Å². The first kappa shape index (κ1) is 14.7. The molecule has 18 heavy (non-hydrogen) atoms. The molecule has 6 nitrogen and oxygen atoms in total. The molecule has 0 aliphatic heterocycles. The molecule has 102 valence electrons. The first-order valence-corrected chi connectivity index (χ1v) is 7.03. The van der Waals surface area contributed by atoms with E-state index in [4.69, 9.17) is 15.2 Å². The molecule has 0 bridgehead atoms. The lowest BCUT2D eigenvalue weighted by Crippen LogP contribution is -2.18. The lowest BCUT2D eigenvalue weighted by molar-refractivity contribution is 0.110. The topological polar surface area (TPSA) is 90.6 Å². The Kier molecular flexibility index (Phi) is 5.39. The molecule has 0 fully saturated rings. The highest BCUT2D eigenvalue weighted by molar-refractivity contribution is 7.89. The zero-order chi connectivity index (χ0) is 13.6. The van der Waals surface area contributed by atoms with Crippen molar-refractivity contribution in [1.82, 2.24) is 4.72 Å². The van der Waals surface area contributed by atoms with Crippen molar-refractivity contribution in [2.24, 2.45) is 0 Å². The summed E-state index contributed by atoms with van der Waals surface area (Å²) < 4.78 is 35.8. The van der Waals surface area contributed by atoms with E-state index in [0.717, 1.165) is 0 Å². The van der Waals surface area contributed by atoms with E-state index in [9.17, 15) is 8.42 Å². The van der Waals surface area contributed by atoms with E-state index in [1.807, 2.05) is 6.92 Å². The Labute approximate surface area is 107 Å². The Morgan fingerprint density at radius 3 is 2.61 bits per heavy atom. The number of benzene rings is 1. The fourth-order valence-electron chi connectivity index (χ4n) is 1.30. The fourth-order valence-corrected chi connectivity index (χ4v) is 2.06. The molecule has 0 aliphatic rings. The number of sulfonamides is 1. The molecular formula is C11H18N2O4S. The monoisotopic (exact) mass is 274 g/mol. The first-order valence-electron chi connectivity index (χ1n) is 5.55. The van der Waals surface area contributed by atoms with Crippen LogP contribution in [0.15, 0.2) is 23.1 Å². The van der Waals surface area contributed by atoms with Gasteiger partial charge in [0.05, 0.1) is 17.2 Å². The number of rotatable bonds is 7. The summed E-state index contributed by atoms with van der Waals surface area (Å²) in [5.41, 5.74) is 6.01. The summed E-state index contributed by atoms with van der Waals surface area (Å²) >= 11 is 0. The number of anilines is 1. The van der Waals surface area contributed by atoms with Crippen molar-refractivity contribution >= 4 is 15.7 Å². The Hall–Kier alpha value is -1.31. The summed E-state index contributed by atoms with van der Waals surface area (Å²) in [6, 6.07) is 4.34. The summed E-state index contributed by atoms with van der Waals surface area (Å²) in [6.45, 7) is 3.35. The third-order valence-corrected chi connectivity index (χ3v) is 3.66. The molecule has 0 heterocycles. The van der Waals surface area contributed by atoms with Crippen molar-refractivity contribution in [3.8, 4) is 5.75 Å². The van der Waals surface area contributed by atoms with Crippen molar-refractivity contribution in [1.29, 1.82) is 0 Å². The second kappa shape index (κ2) is 6.58. The molecule has 0 saturated heterocycles. The zero-order valence-electron chi connectivity index (χ0n) is 10.5. The minimum atomic E-state index is -3.48.